The third-order valence-electron chi connectivity index (χ3n) is 3.38. The highest BCUT2D eigenvalue weighted by molar-refractivity contribution is 7.09. The molecule has 2 rings (SSSR count). The number of aromatic nitrogens is 1. The highest BCUT2D eigenvalue weighted by atomic mass is 32.1. The van der Waals surface area contributed by atoms with E-state index < -0.39 is 0 Å². The fourth-order valence-electron chi connectivity index (χ4n) is 2.25. The van der Waals surface area contributed by atoms with Crippen molar-refractivity contribution in [3.8, 4) is 0 Å². The first kappa shape index (κ1) is 17.5. The monoisotopic (exact) mass is 330 g/mol. The molecule has 1 aromatic carbocycles. The van der Waals surface area contributed by atoms with Crippen LogP contribution in [-0.4, -0.2) is 30.6 Å². The molecule has 124 valence electrons. The highest BCUT2D eigenvalue weighted by Crippen LogP contribution is 2.10. The van der Waals surface area contributed by atoms with E-state index in [0.29, 0.717) is 0 Å². The molecule has 2 N–H and O–H groups in total. The molecule has 0 atom stereocenters. The van der Waals surface area contributed by atoms with Gasteiger partial charge in [-0.15, -0.1) is 11.3 Å². The van der Waals surface area contributed by atoms with E-state index in [2.05, 4.69) is 57.2 Å². The molecule has 1 aromatic heterocycles. The fraction of sp³-hybridized carbons (Fsp3) is 0.444. The van der Waals surface area contributed by atoms with Crippen LogP contribution in [0.25, 0.3) is 0 Å². The van der Waals surface area contributed by atoms with Gasteiger partial charge >= 0.3 is 0 Å². The first-order valence-electron chi connectivity index (χ1n) is 8.25. The molecule has 0 saturated carbocycles. The molecule has 0 unspecified atom stereocenters. The van der Waals surface area contributed by atoms with Crippen LogP contribution >= 0.6 is 11.3 Å². The molecule has 4 nitrogen and oxygen atoms in total. The maximum atomic E-state index is 4.64. The molecule has 5 heteroatoms. The largest absolute Gasteiger partial charge is 0.357 e. The lowest BCUT2D eigenvalue weighted by Crippen LogP contribution is -2.38. The van der Waals surface area contributed by atoms with Crippen LogP contribution in [0.5, 0.6) is 0 Å². The Labute approximate surface area is 143 Å². The number of thiazole rings is 1. The van der Waals surface area contributed by atoms with E-state index in [4.69, 9.17) is 0 Å². The smallest absolute Gasteiger partial charge is 0.191 e. The predicted octanol–water partition coefficient (Wildman–Crippen LogP) is 3.18. The zero-order valence-corrected chi connectivity index (χ0v) is 14.8. The van der Waals surface area contributed by atoms with Gasteiger partial charge in [0.2, 0.25) is 0 Å². The van der Waals surface area contributed by atoms with Crippen molar-refractivity contribution in [2.75, 3.05) is 19.6 Å². The Morgan fingerprint density at radius 3 is 2.70 bits per heavy atom. The van der Waals surface area contributed by atoms with E-state index in [-0.39, 0.29) is 0 Å². The topological polar surface area (TPSA) is 49.3 Å². The summed E-state index contributed by atoms with van der Waals surface area (Å²) in [7, 11) is 0. The Balaban J connectivity index is 1.71. The minimum Gasteiger partial charge on any atom is -0.357 e. The van der Waals surface area contributed by atoms with Gasteiger partial charge < -0.3 is 10.6 Å². The van der Waals surface area contributed by atoms with E-state index >= 15 is 0 Å². The van der Waals surface area contributed by atoms with Crippen LogP contribution in [0.15, 0.2) is 40.7 Å². The lowest BCUT2D eigenvalue weighted by Gasteiger charge is -2.11. The Hall–Kier alpha value is -1.88. The SMILES string of the molecule is CCNC(=NCCCc1nc(C)cs1)NCCc1ccccc1. The first-order chi connectivity index (χ1) is 11.3. The van der Waals surface area contributed by atoms with Crippen LogP contribution in [0.3, 0.4) is 0 Å². The number of guanidine groups is 1. The molecule has 0 spiro atoms. The number of nitrogens with one attached hydrogen (secondary N) is 2. The van der Waals surface area contributed by atoms with Gasteiger partial charge in [-0.2, -0.15) is 0 Å². The van der Waals surface area contributed by atoms with Crippen LogP contribution < -0.4 is 10.6 Å². The second-order valence-corrected chi connectivity index (χ2v) is 6.35. The Kier molecular flexibility index (Phi) is 7.60. The molecule has 0 fully saturated rings. The minimum absolute atomic E-state index is 0.819. The van der Waals surface area contributed by atoms with Crippen molar-refractivity contribution in [1.29, 1.82) is 0 Å². The second kappa shape index (κ2) is 10.0. The minimum atomic E-state index is 0.819. The lowest BCUT2D eigenvalue weighted by atomic mass is 10.1. The summed E-state index contributed by atoms with van der Waals surface area (Å²) < 4.78 is 0. The summed E-state index contributed by atoms with van der Waals surface area (Å²) in [4.78, 5) is 9.12. The van der Waals surface area contributed by atoms with Crippen LogP contribution in [0, 0.1) is 6.92 Å². The van der Waals surface area contributed by atoms with Crippen molar-refractivity contribution >= 4 is 17.3 Å². The Morgan fingerprint density at radius 1 is 1.17 bits per heavy atom. The molecule has 0 saturated heterocycles. The van der Waals surface area contributed by atoms with Crippen LogP contribution in [0.4, 0.5) is 0 Å². The third-order valence-corrected chi connectivity index (χ3v) is 4.40. The van der Waals surface area contributed by atoms with Crippen molar-refractivity contribution in [1.82, 2.24) is 15.6 Å². The standard InChI is InChI=1S/C18H26N4S/c1-3-19-18(21-13-11-16-8-5-4-6-9-16)20-12-7-10-17-22-15(2)14-23-17/h4-6,8-9,14H,3,7,10-13H2,1-2H3,(H2,19,20,21). The average molecular weight is 331 g/mol. The Morgan fingerprint density at radius 2 is 2.00 bits per heavy atom. The summed E-state index contributed by atoms with van der Waals surface area (Å²) in [6, 6.07) is 10.5. The van der Waals surface area contributed by atoms with Gasteiger partial charge in [0.05, 0.1) is 5.01 Å². The molecule has 0 aliphatic carbocycles. The van der Waals surface area contributed by atoms with E-state index in [1.807, 2.05) is 13.0 Å². The van der Waals surface area contributed by atoms with Gasteiger partial charge in [-0.25, -0.2) is 4.98 Å². The highest BCUT2D eigenvalue weighted by Gasteiger charge is 2.00. The predicted molar refractivity (Wildman–Crippen MR) is 99.3 cm³/mol. The Bertz CT molecular complexity index is 592. The summed E-state index contributed by atoms with van der Waals surface area (Å²) >= 11 is 1.74. The van der Waals surface area contributed by atoms with Gasteiger partial charge in [-0.05, 0) is 32.3 Å². The molecule has 0 amide bonds. The maximum Gasteiger partial charge on any atom is 0.191 e. The van der Waals surface area contributed by atoms with Crippen LogP contribution in [0.2, 0.25) is 0 Å². The number of hydrogen-bond donors (Lipinski definition) is 2. The van der Waals surface area contributed by atoms with Crippen molar-refractivity contribution in [2.45, 2.75) is 33.1 Å². The summed E-state index contributed by atoms with van der Waals surface area (Å²) in [5, 5.41) is 10.0. The van der Waals surface area contributed by atoms with Crippen molar-refractivity contribution in [2.24, 2.45) is 4.99 Å². The number of benzene rings is 1. The van der Waals surface area contributed by atoms with Gasteiger partial charge in [0, 0.05) is 37.1 Å². The molecule has 0 aliphatic heterocycles. The van der Waals surface area contributed by atoms with Gasteiger partial charge in [0.1, 0.15) is 0 Å². The lowest BCUT2D eigenvalue weighted by molar-refractivity contribution is 0.774. The van der Waals surface area contributed by atoms with E-state index in [9.17, 15) is 0 Å². The van der Waals surface area contributed by atoms with E-state index in [1.165, 1.54) is 10.6 Å². The summed E-state index contributed by atoms with van der Waals surface area (Å²) in [6.45, 7) is 6.72. The van der Waals surface area contributed by atoms with Crippen LogP contribution in [-0.2, 0) is 12.8 Å². The van der Waals surface area contributed by atoms with Crippen molar-refractivity contribution in [3.05, 3.63) is 52.0 Å². The summed E-state index contributed by atoms with van der Waals surface area (Å²) in [5.41, 5.74) is 2.46. The molecule has 0 aliphatic rings. The fourth-order valence-corrected chi connectivity index (χ4v) is 3.07. The van der Waals surface area contributed by atoms with Gasteiger partial charge in [0.15, 0.2) is 5.96 Å². The van der Waals surface area contributed by atoms with Gasteiger partial charge in [-0.3, -0.25) is 4.99 Å². The van der Waals surface area contributed by atoms with E-state index in [1.54, 1.807) is 11.3 Å². The quantitative estimate of drug-likeness (QED) is 0.444. The van der Waals surface area contributed by atoms with Crippen molar-refractivity contribution in [3.63, 3.8) is 0 Å². The zero-order valence-electron chi connectivity index (χ0n) is 14.0. The van der Waals surface area contributed by atoms with Gasteiger partial charge in [-0.1, -0.05) is 30.3 Å². The molecule has 0 radical (unpaired) electrons. The summed E-state index contributed by atoms with van der Waals surface area (Å²) in [5.74, 6) is 0.902. The van der Waals surface area contributed by atoms with Gasteiger partial charge in [0.25, 0.3) is 0 Å². The average Bonchev–Trinajstić information content (AvgIpc) is 2.98. The van der Waals surface area contributed by atoms with Crippen LogP contribution in [0.1, 0.15) is 29.6 Å². The summed E-state index contributed by atoms with van der Waals surface area (Å²) in [6.07, 6.45) is 3.04. The molecule has 0 bridgehead atoms. The zero-order chi connectivity index (χ0) is 16.3. The molecular weight excluding hydrogens is 304 g/mol. The number of hydrogen-bond acceptors (Lipinski definition) is 3. The number of aliphatic imine (C=N–C) groups is 1. The molecular formula is C18H26N4S. The number of rotatable bonds is 8. The molecule has 2 aromatic rings. The molecule has 1 heterocycles. The van der Waals surface area contributed by atoms with E-state index in [0.717, 1.165) is 50.6 Å². The van der Waals surface area contributed by atoms with Crippen molar-refractivity contribution < 1.29 is 0 Å². The third kappa shape index (κ3) is 6.82. The number of nitrogens with zero attached hydrogens (tertiary/aromatic N) is 2. The second-order valence-electron chi connectivity index (χ2n) is 5.41. The molecule has 23 heavy (non-hydrogen) atoms. The normalized spacial score (nSPS) is 11.5. The number of aryl methyl sites for hydroxylation is 2. The maximum absolute atomic E-state index is 4.64. The first-order valence-corrected chi connectivity index (χ1v) is 9.13.